The molecule has 5 aromatic heterocycles. The van der Waals surface area contributed by atoms with Gasteiger partial charge in [0.15, 0.2) is 0 Å². The monoisotopic (exact) mass is 1020 g/mol. The first-order valence-electron chi connectivity index (χ1n) is 26.6. The molecule has 0 atom stereocenters. The van der Waals surface area contributed by atoms with Crippen LogP contribution in [0, 0.1) is 45.6 Å². The van der Waals surface area contributed by atoms with Gasteiger partial charge in [-0.1, -0.05) is 82.7 Å². The van der Waals surface area contributed by atoms with E-state index in [4.69, 9.17) is 25.9 Å². The molecule has 5 nitrogen and oxygen atoms in total. The summed E-state index contributed by atoms with van der Waals surface area (Å²) in [6, 6.07) is 48.7. The fourth-order valence-electron chi connectivity index (χ4n) is 8.12. The zero-order valence-corrected chi connectivity index (χ0v) is 36.7. The third kappa shape index (κ3) is 8.72. The van der Waals surface area contributed by atoms with Gasteiger partial charge in [0.05, 0.1) is 5.58 Å². The van der Waals surface area contributed by atoms with Crippen LogP contribution in [-0.4, -0.2) is 19.9 Å². The standard InChI is InChI=1S/C58H45N4O.Ir/c1-37-28-54(43-14-7-5-8-15-43)59-34-45(37)25-23-41-31-42(24-26-46-35-60-55(29-38(46)2)44-16-9-6-10-17-44)33-47(32-41)48-18-11-12-19-49(48)53-36-61-56(30-39(53)3)52-21-13-20-50-51-27-22-40(4)62-58(51)63-57(50)52;/h5-14,16,18-20,22,27-36H,23-26H2,1-4H3;/q-3;+3/i1D3,2D3,3D3,4D3;. The Labute approximate surface area is 405 Å². The van der Waals surface area contributed by atoms with Gasteiger partial charge in [-0.2, -0.15) is 0 Å². The molecular weight excluding hydrogens is 961 g/mol. The molecule has 0 spiro atoms. The SMILES string of the molecule is [2H]C([2H])([2H])c1ccc2c(n1)oc1c(-c3cc(C([2H])([2H])[2H])c(-c4ccccc4-c4cc(CCc5cnc(-c6[c-]cccc6)cc5C([2H])([2H])[2H])cc(CCc5cnc(-c6[c-]cccc6)cc5C([2H])([2H])[2H])c4)cn3)[c-]ccc12.[Ir+3]. The van der Waals surface area contributed by atoms with Crippen LogP contribution in [-0.2, 0) is 45.8 Å². The average molecular weight is 1020 g/mol. The van der Waals surface area contributed by atoms with Crippen LogP contribution in [0.15, 0.2) is 156 Å². The summed E-state index contributed by atoms with van der Waals surface area (Å²) in [6.45, 7) is -9.95. The van der Waals surface area contributed by atoms with E-state index in [-0.39, 0.29) is 53.9 Å². The smallest absolute Gasteiger partial charge is 0.486 e. The second-order valence-electron chi connectivity index (χ2n) is 15.5. The van der Waals surface area contributed by atoms with Crippen molar-refractivity contribution in [1.29, 1.82) is 0 Å². The third-order valence-corrected chi connectivity index (χ3v) is 11.3. The summed E-state index contributed by atoms with van der Waals surface area (Å²) in [5, 5.41) is 1.22. The first-order valence-corrected chi connectivity index (χ1v) is 20.6. The van der Waals surface area contributed by atoms with Crippen molar-refractivity contribution < 1.29 is 41.0 Å². The van der Waals surface area contributed by atoms with Gasteiger partial charge in [0.25, 0.3) is 0 Å². The molecule has 0 aliphatic heterocycles. The van der Waals surface area contributed by atoms with Crippen LogP contribution in [0.3, 0.4) is 0 Å². The predicted octanol–water partition coefficient (Wildman–Crippen LogP) is 13.7. The van der Waals surface area contributed by atoms with Crippen molar-refractivity contribution in [3.05, 3.63) is 215 Å². The van der Waals surface area contributed by atoms with Crippen LogP contribution in [0.2, 0.25) is 0 Å². The molecule has 0 saturated heterocycles. The summed E-state index contributed by atoms with van der Waals surface area (Å²) in [6.07, 6.45) is 6.23. The van der Waals surface area contributed by atoms with Gasteiger partial charge >= 0.3 is 20.1 Å². The van der Waals surface area contributed by atoms with E-state index < -0.39 is 27.4 Å². The molecule has 0 aliphatic carbocycles. The molecule has 5 aromatic carbocycles. The molecular formula is C58H45IrN4O. The summed E-state index contributed by atoms with van der Waals surface area (Å²) < 4.78 is 107. The van der Waals surface area contributed by atoms with Crippen LogP contribution in [0.1, 0.15) is 61.1 Å². The molecule has 5 heterocycles. The first-order chi connectivity index (χ1) is 35.7. The summed E-state index contributed by atoms with van der Waals surface area (Å²) >= 11 is 0. The van der Waals surface area contributed by atoms with E-state index in [2.05, 4.69) is 33.2 Å². The quantitative estimate of drug-likeness (QED) is 0.121. The predicted molar refractivity (Wildman–Crippen MR) is 255 cm³/mol. The van der Waals surface area contributed by atoms with E-state index in [1.54, 1.807) is 54.9 Å². The molecule has 6 heteroatoms. The number of fused-ring (bicyclic) bond motifs is 3. The number of nitrogens with zero attached hydrogens (tertiary/aromatic N) is 4. The fourth-order valence-corrected chi connectivity index (χ4v) is 8.12. The molecule has 0 saturated carbocycles. The number of aromatic nitrogens is 4. The van der Waals surface area contributed by atoms with E-state index in [1.165, 1.54) is 18.3 Å². The van der Waals surface area contributed by atoms with Crippen LogP contribution >= 0.6 is 0 Å². The van der Waals surface area contributed by atoms with Crippen molar-refractivity contribution in [3.63, 3.8) is 0 Å². The second kappa shape index (κ2) is 18.5. The molecule has 0 radical (unpaired) electrons. The Balaban J connectivity index is 0.00000706. The number of hydrogen-bond acceptors (Lipinski definition) is 5. The maximum atomic E-state index is 8.83. The van der Waals surface area contributed by atoms with Crippen molar-refractivity contribution in [2.75, 3.05) is 0 Å². The zero-order chi connectivity index (χ0) is 52.9. The largest absolute Gasteiger partial charge is 3.00 e. The fraction of sp³-hybridized carbons (Fsp3) is 0.138. The molecule has 0 bridgehead atoms. The second-order valence-corrected chi connectivity index (χ2v) is 15.5. The van der Waals surface area contributed by atoms with Gasteiger partial charge in [0, 0.05) is 51.7 Å². The van der Waals surface area contributed by atoms with Gasteiger partial charge < -0.3 is 19.4 Å². The number of aryl methyl sites for hydroxylation is 8. The number of benzene rings is 5. The topological polar surface area (TPSA) is 64.7 Å². The Kier molecular flexibility index (Phi) is 8.74. The van der Waals surface area contributed by atoms with Crippen molar-refractivity contribution in [2.45, 2.75) is 53.1 Å². The van der Waals surface area contributed by atoms with Crippen molar-refractivity contribution >= 4 is 22.1 Å². The Morgan fingerprint density at radius 1 is 0.516 bits per heavy atom. The minimum atomic E-state index is -2.63. The Morgan fingerprint density at radius 3 is 1.77 bits per heavy atom. The average Bonchev–Trinajstić information content (AvgIpc) is 3.77. The van der Waals surface area contributed by atoms with E-state index in [0.29, 0.717) is 97.9 Å². The van der Waals surface area contributed by atoms with Gasteiger partial charge in [-0.15, -0.1) is 90.0 Å². The maximum Gasteiger partial charge on any atom is 3.00 e. The number of pyridine rings is 4. The van der Waals surface area contributed by atoms with E-state index >= 15 is 0 Å². The van der Waals surface area contributed by atoms with Crippen LogP contribution < -0.4 is 0 Å². The molecule has 0 fully saturated rings. The van der Waals surface area contributed by atoms with Crippen molar-refractivity contribution in [2.24, 2.45) is 0 Å². The molecule has 0 aliphatic rings. The molecule has 10 aromatic rings. The normalized spacial score (nSPS) is 14.8. The number of rotatable bonds is 11. The number of hydrogen-bond donors (Lipinski definition) is 0. The molecule has 64 heavy (non-hydrogen) atoms. The van der Waals surface area contributed by atoms with Crippen molar-refractivity contribution in [1.82, 2.24) is 19.9 Å². The zero-order valence-electron chi connectivity index (χ0n) is 46.3. The summed E-state index contributed by atoms with van der Waals surface area (Å²) in [4.78, 5) is 18.4. The molecule has 312 valence electrons. The number of furan rings is 1. The van der Waals surface area contributed by atoms with Crippen LogP contribution in [0.4, 0.5) is 0 Å². The third-order valence-electron chi connectivity index (χ3n) is 11.3. The summed E-state index contributed by atoms with van der Waals surface area (Å²) in [5.74, 6) is 0. The molecule has 0 N–H and O–H groups in total. The van der Waals surface area contributed by atoms with Gasteiger partial charge in [0.1, 0.15) is 0 Å². The summed E-state index contributed by atoms with van der Waals surface area (Å²) in [5.41, 5.74) is 8.94. The maximum absolute atomic E-state index is 8.83. The van der Waals surface area contributed by atoms with Crippen LogP contribution in [0.5, 0.6) is 0 Å². The van der Waals surface area contributed by atoms with E-state index in [9.17, 15) is 0 Å². The Bertz CT molecular complexity index is 3620. The minimum Gasteiger partial charge on any atom is -0.486 e. The molecule has 0 unspecified atom stereocenters. The van der Waals surface area contributed by atoms with E-state index in [0.717, 1.165) is 16.7 Å². The van der Waals surface area contributed by atoms with Gasteiger partial charge in [-0.25, -0.2) is 4.98 Å². The van der Waals surface area contributed by atoms with Crippen molar-refractivity contribution in [3.8, 4) is 56.0 Å². The van der Waals surface area contributed by atoms with Gasteiger partial charge in [-0.05, 0) is 127 Å². The summed E-state index contributed by atoms with van der Waals surface area (Å²) in [7, 11) is 0. The molecule has 10 rings (SSSR count). The van der Waals surface area contributed by atoms with E-state index in [1.807, 2.05) is 78.9 Å². The van der Waals surface area contributed by atoms with Gasteiger partial charge in [-0.3, -0.25) is 0 Å². The first kappa shape index (κ1) is 30.3. The minimum absolute atomic E-state index is 0. The Hall–Kier alpha value is -6.85. The van der Waals surface area contributed by atoms with Gasteiger partial charge in [0.2, 0.25) is 5.71 Å². The molecule has 0 amide bonds. The van der Waals surface area contributed by atoms with Crippen LogP contribution in [0.25, 0.3) is 78.1 Å². The Morgan fingerprint density at radius 2 is 1.14 bits per heavy atom.